The molecule has 3 aromatic rings. The highest BCUT2D eigenvalue weighted by molar-refractivity contribution is 7.80. The third-order valence-electron chi connectivity index (χ3n) is 4.37. The van der Waals surface area contributed by atoms with Gasteiger partial charge in [0, 0.05) is 11.4 Å². The molecule has 3 N–H and O–H groups in total. The van der Waals surface area contributed by atoms with Crippen molar-refractivity contribution in [2.45, 2.75) is 13.8 Å². The van der Waals surface area contributed by atoms with Gasteiger partial charge in [0.1, 0.15) is 0 Å². The number of hydrogen-bond acceptors (Lipinski definition) is 5. The van der Waals surface area contributed by atoms with Gasteiger partial charge in [0.05, 0.1) is 12.8 Å². The molecule has 0 aliphatic heterocycles. The lowest BCUT2D eigenvalue weighted by Gasteiger charge is -2.13. The highest BCUT2D eigenvalue weighted by Crippen LogP contribution is 2.28. The van der Waals surface area contributed by atoms with Crippen LogP contribution >= 0.6 is 12.2 Å². The Morgan fingerprint density at radius 2 is 1.67 bits per heavy atom. The molecule has 3 rings (SSSR count). The maximum absolute atomic E-state index is 12.2. The second-order valence-electron chi connectivity index (χ2n) is 7.03. The topological polar surface area (TPSA) is 84.0 Å². The summed E-state index contributed by atoms with van der Waals surface area (Å²) in [7, 11) is 0. The predicted octanol–water partition coefficient (Wildman–Crippen LogP) is 4.73. The van der Waals surface area contributed by atoms with Crippen LogP contribution in [0.3, 0.4) is 0 Å². The van der Waals surface area contributed by atoms with Crippen molar-refractivity contribution in [2.75, 3.05) is 23.8 Å². The van der Waals surface area contributed by atoms with Gasteiger partial charge in [0.2, 0.25) is 0 Å². The Bertz CT molecular complexity index is 1100. The van der Waals surface area contributed by atoms with Crippen LogP contribution in [0, 0.1) is 6.92 Å². The Kier molecular flexibility index (Phi) is 8.79. The zero-order valence-corrected chi connectivity index (χ0v) is 19.3. The Balaban J connectivity index is 1.55. The van der Waals surface area contributed by atoms with Crippen LogP contribution in [0.2, 0.25) is 0 Å². The molecule has 0 heterocycles. The second-order valence-corrected chi connectivity index (χ2v) is 7.44. The predicted molar refractivity (Wildman–Crippen MR) is 136 cm³/mol. The molecule has 0 saturated heterocycles. The molecule has 8 heteroatoms. The fraction of sp³-hybridized carbons (Fsp3) is 0.160. The van der Waals surface area contributed by atoms with Crippen LogP contribution in [0.4, 0.5) is 11.4 Å². The van der Waals surface area contributed by atoms with E-state index < -0.39 is 0 Å². The van der Waals surface area contributed by atoms with Gasteiger partial charge in [-0.3, -0.25) is 10.2 Å². The summed E-state index contributed by atoms with van der Waals surface area (Å²) in [6.07, 6.45) is 1.62. The Hall–Kier alpha value is -3.91. The lowest BCUT2D eigenvalue weighted by Crippen LogP contribution is -2.23. The van der Waals surface area contributed by atoms with Crippen LogP contribution in [0.1, 0.15) is 18.1 Å². The number of aryl methyl sites for hydroxylation is 1. The monoisotopic (exact) mass is 462 g/mol. The van der Waals surface area contributed by atoms with E-state index in [1.807, 2.05) is 74.5 Å². The van der Waals surface area contributed by atoms with E-state index in [9.17, 15) is 4.79 Å². The molecular formula is C25H26N4O3S. The maximum atomic E-state index is 12.2. The summed E-state index contributed by atoms with van der Waals surface area (Å²) in [5, 5.41) is 10.4. The van der Waals surface area contributed by atoms with E-state index in [1.165, 1.54) is 0 Å². The molecule has 0 fully saturated rings. The molecule has 3 aromatic carbocycles. The van der Waals surface area contributed by atoms with Crippen molar-refractivity contribution in [3.63, 3.8) is 0 Å². The van der Waals surface area contributed by atoms with Gasteiger partial charge in [-0.25, -0.2) is 0 Å². The van der Waals surface area contributed by atoms with Crippen molar-refractivity contribution >= 4 is 40.8 Å². The van der Waals surface area contributed by atoms with Gasteiger partial charge in [-0.15, -0.1) is 0 Å². The average molecular weight is 463 g/mol. The molecule has 0 aliphatic rings. The first-order valence-corrected chi connectivity index (χ1v) is 10.9. The molecule has 0 atom stereocenters. The van der Waals surface area contributed by atoms with Crippen molar-refractivity contribution in [3.05, 3.63) is 83.9 Å². The summed E-state index contributed by atoms with van der Waals surface area (Å²) < 4.78 is 11.4. The van der Waals surface area contributed by atoms with Crippen molar-refractivity contribution in [1.82, 2.24) is 5.43 Å². The first-order valence-electron chi connectivity index (χ1n) is 10.4. The van der Waals surface area contributed by atoms with Gasteiger partial charge in [-0.2, -0.15) is 5.10 Å². The molecule has 0 radical (unpaired) electrons. The van der Waals surface area contributed by atoms with Gasteiger partial charge in [0.25, 0.3) is 5.91 Å². The highest BCUT2D eigenvalue weighted by atomic mass is 32.1. The van der Waals surface area contributed by atoms with E-state index in [0.29, 0.717) is 23.2 Å². The summed E-state index contributed by atoms with van der Waals surface area (Å²) in [5.41, 5.74) is 6.28. The minimum atomic E-state index is -0.254. The third-order valence-corrected chi connectivity index (χ3v) is 4.57. The van der Waals surface area contributed by atoms with E-state index in [2.05, 4.69) is 21.2 Å². The molecule has 7 nitrogen and oxygen atoms in total. The largest absolute Gasteiger partial charge is 0.490 e. The van der Waals surface area contributed by atoms with Crippen LogP contribution < -0.4 is 25.5 Å². The van der Waals surface area contributed by atoms with Crippen LogP contribution in [0.15, 0.2) is 77.9 Å². The van der Waals surface area contributed by atoms with Gasteiger partial charge in [0.15, 0.2) is 23.2 Å². The molecular weight excluding hydrogens is 436 g/mol. The van der Waals surface area contributed by atoms with Crippen LogP contribution in [-0.4, -0.2) is 30.4 Å². The zero-order valence-electron chi connectivity index (χ0n) is 18.5. The number of benzene rings is 3. The van der Waals surface area contributed by atoms with Crippen molar-refractivity contribution in [1.29, 1.82) is 0 Å². The molecule has 0 unspecified atom stereocenters. The Labute approximate surface area is 198 Å². The zero-order chi connectivity index (χ0) is 23.5. The number of rotatable bonds is 9. The molecule has 0 aromatic heterocycles. The van der Waals surface area contributed by atoms with Crippen LogP contribution in [-0.2, 0) is 4.79 Å². The van der Waals surface area contributed by atoms with Crippen LogP contribution in [0.25, 0.3) is 0 Å². The molecule has 170 valence electrons. The van der Waals surface area contributed by atoms with E-state index in [4.69, 9.17) is 21.7 Å². The Morgan fingerprint density at radius 3 is 2.39 bits per heavy atom. The number of carbonyl (C=O) groups is 1. The van der Waals surface area contributed by atoms with Crippen molar-refractivity contribution in [3.8, 4) is 11.5 Å². The fourth-order valence-corrected chi connectivity index (χ4v) is 2.99. The molecule has 33 heavy (non-hydrogen) atoms. The summed E-state index contributed by atoms with van der Waals surface area (Å²) in [6.45, 7) is 4.19. The third kappa shape index (κ3) is 7.93. The molecule has 1 amide bonds. The van der Waals surface area contributed by atoms with Crippen LogP contribution in [0.5, 0.6) is 11.5 Å². The number of ether oxygens (including phenoxy) is 2. The minimum absolute atomic E-state index is 0.137. The lowest BCUT2D eigenvalue weighted by molar-refractivity contribution is -0.118. The standard InChI is InChI=1S/C25H26N4O3S/c1-3-31-23-15-19(16-26-29-25(33)28-20-7-5-4-6-8-20)11-14-22(23)32-17-24(30)27-21-12-9-18(2)10-13-21/h4-16H,3,17H2,1-2H3,(H,27,30)(H2,28,29,33)/b26-16+. The van der Waals surface area contributed by atoms with Gasteiger partial charge in [-0.1, -0.05) is 35.9 Å². The average Bonchev–Trinajstić information content (AvgIpc) is 2.81. The number of hydrazone groups is 1. The quantitative estimate of drug-likeness (QED) is 0.242. The van der Waals surface area contributed by atoms with Crippen molar-refractivity contribution in [2.24, 2.45) is 5.10 Å². The fourth-order valence-electron chi connectivity index (χ4n) is 2.82. The van der Waals surface area contributed by atoms with E-state index >= 15 is 0 Å². The number of nitrogens with one attached hydrogen (secondary N) is 3. The first kappa shape index (κ1) is 23.7. The normalized spacial score (nSPS) is 10.5. The van der Waals surface area contributed by atoms with Gasteiger partial charge >= 0.3 is 0 Å². The highest BCUT2D eigenvalue weighted by Gasteiger charge is 2.09. The maximum Gasteiger partial charge on any atom is 0.262 e. The number of hydrogen-bond donors (Lipinski definition) is 3. The summed E-state index contributed by atoms with van der Waals surface area (Å²) in [5.74, 6) is 0.743. The number of thiocarbonyl (C=S) groups is 1. The summed E-state index contributed by atoms with van der Waals surface area (Å²) >= 11 is 5.23. The molecule has 0 saturated carbocycles. The Morgan fingerprint density at radius 1 is 0.939 bits per heavy atom. The molecule has 0 aliphatic carbocycles. The second kappa shape index (κ2) is 12.2. The molecule has 0 spiro atoms. The lowest BCUT2D eigenvalue weighted by atomic mass is 10.2. The number of anilines is 2. The summed E-state index contributed by atoms with van der Waals surface area (Å²) in [4.78, 5) is 12.2. The van der Waals surface area contributed by atoms with Gasteiger partial charge in [-0.05, 0) is 74.1 Å². The van der Waals surface area contributed by atoms with Gasteiger partial charge < -0.3 is 20.1 Å². The van der Waals surface area contributed by atoms with Crippen molar-refractivity contribution < 1.29 is 14.3 Å². The van der Waals surface area contributed by atoms with E-state index in [0.717, 1.165) is 22.5 Å². The number of carbonyl (C=O) groups excluding carboxylic acids is 1. The van der Waals surface area contributed by atoms with E-state index in [1.54, 1.807) is 18.3 Å². The first-order chi connectivity index (χ1) is 16.0. The minimum Gasteiger partial charge on any atom is -0.490 e. The van der Waals surface area contributed by atoms with E-state index in [-0.39, 0.29) is 12.5 Å². The summed E-state index contributed by atoms with van der Waals surface area (Å²) in [6, 6.07) is 22.5. The SMILES string of the molecule is CCOc1cc(/C=N/NC(=S)Nc2ccccc2)ccc1OCC(=O)Nc1ccc(C)cc1. The number of amides is 1. The number of para-hydroxylation sites is 1. The molecule has 0 bridgehead atoms. The number of nitrogens with zero attached hydrogens (tertiary/aromatic N) is 1. The smallest absolute Gasteiger partial charge is 0.262 e.